The summed E-state index contributed by atoms with van der Waals surface area (Å²) >= 11 is 0. The van der Waals surface area contributed by atoms with E-state index in [1.807, 2.05) is 60.7 Å². The maximum absolute atomic E-state index is 14.6. The zero-order chi connectivity index (χ0) is 27.5. The normalized spacial score (nSPS) is 19.4. The van der Waals surface area contributed by atoms with Crippen molar-refractivity contribution in [3.63, 3.8) is 0 Å². The van der Waals surface area contributed by atoms with E-state index in [9.17, 15) is 18.7 Å². The first kappa shape index (κ1) is 26.2. The Balaban J connectivity index is 1.61. The average molecular weight is 529 g/mol. The highest BCUT2D eigenvalue weighted by molar-refractivity contribution is 6.06. The zero-order valence-corrected chi connectivity index (χ0v) is 21.3. The molecular weight excluding hydrogens is 498 g/mol. The molecule has 8 heteroatoms. The number of aryl methyl sites for hydroxylation is 1. The average Bonchev–Trinajstić information content (AvgIpc) is 2.94. The molecule has 0 radical (unpaired) electrons. The molecule has 1 aliphatic heterocycles. The SMILES string of the molecule is Nc1ccc(N2C(=O)N(c3ccc(N)c(F)c3)[C@H](Cc3ccccc3)[C@H](O)[C@H]2CCc2ccccc2)cc1F. The summed E-state index contributed by atoms with van der Waals surface area (Å²) < 4.78 is 29.2. The van der Waals surface area contributed by atoms with E-state index in [-0.39, 0.29) is 22.7 Å². The number of carbonyl (C=O) groups is 1. The van der Waals surface area contributed by atoms with Crippen molar-refractivity contribution in [2.45, 2.75) is 37.5 Å². The van der Waals surface area contributed by atoms with Gasteiger partial charge in [-0.05, 0) is 66.8 Å². The minimum atomic E-state index is -1.06. The van der Waals surface area contributed by atoms with E-state index in [1.54, 1.807) is 12.1 Å². The summed E-state index contributed by atoms with van der Waals surface area (Å²) in [5.41, 5.74) is 13.8. The van der Waals surface area contributed by atoms with Crippen LogP contribution < -0.4 is 21.3 Å². The first-order valence-corrected chi connectivity index (χ1v) is 12.8. The summed E-state index contributed by atoms with van der Waals surface area (Å²) in [5.74, 6) is -1.35. The monoisotopic (exact) mass is 528 g/mol. The molecule has 3 atom stereocenters. The van der Waals surface area contributed by atoms with Crippen LogP contribution in [0, 0.1) is 11.6 Å². The van der Waals surface area contributed by atoms with Crippen LogP contribution in [0.15, 0.2) is 97.1 Å². The van der Waals surface area contributed by atoms with Gasteiger partial charge in [0.2, 0.25) is 0 Å². The van der Waals surface area contributed by atoms with Crippen molar-refractivity contribution < 1.29 is 18.7 Å². The fourth-order valence-corrected chi connectivity index (χ4v) is 5.22. The van der Waals surface area contributed by atoms with Crippen LogP contribution in [0.4, 0.5) is 36.3 Å². The van der Waals surface area contributed by atoms with Gasteiger partial charge in [-0.2, -0.15) is 0 Å². The Bertz CT molecular complexity index is 1450. The predicted octanol–water partition coefficient (Wildman–Crippen LogP) is 5.55. The standard InChI is InChI=1S/C31H30F2N4O2/c32-24-18-22(12-14-26(24)34)36-28(16-11-20-7-3-1-4-8-20)30(38)29(17-21-9-5-2-6-10-21)37(31(36)39)23-13-15-27(35)25(33)19-23/h1-10,12-15,18-19,28-30,38H,11,16-17,34-35H2/t28-,29-,30-/m1/s1. The molecule has 1 fully saturated rings. The van der Waals surface area contributed by atoms with Crippen LogP contribution in [0.1, 0.15) is 17.5 Å². The molecule has 5 N–H and O–H groups in total. The van der Waals surface area contributed by atoms with E-state index in [1.165, 1.54) is 34.1 Å². The van der Waals surface area contributed by atoms with Crippen LogP contribution in [0.2, 0.25) is 0 Å². The molecule has 6 nitrogen and oxygen atoms in total. The number of carbonyl (C=O) groups excluding carboxylic acids is 1. The Hall–Kier alpha value is -4.43. The molecule has 0 bridgehead atoms. The Labute approximate surface area is 226 Å². The second kappa shape index (κ2) is 11.1. The first-order chi connectivity index (χ1) is 18.8. The minimum Gasteiger partial charge on any atom is -0.396 e. The number of hydrogen-bond acceptors (Lipinski definition) is 4. The number of amides is 2. The molecule has 39 heavy (non-hydrogen) atoms. The van der Waals surface area contributed by atoms with E-state index < -0.39 is 35.9 Å². The topological polar surface area (TPSA) is 95.8 Å². The maximum Gasteiger partial charge on any atom is 0.329 e. The molecule has 4 aromatic rings. The lowest BCUT2D eigenvalue weighted by molar-refractivity contribution is 0.0957. The van der Waals surface area contributed by atoms with E-state index in [0.29, 0.717) is 19.3 Å². The molecule has 0 aromatic heterocycles. The summed E-state index contributed by atoms with van der Waals surface area (Å²) in [6.45, 7) is 0. The summed E-state index contributed by atoms with van der Waals surface area (Å²) in [5, 5.41) is 11.9. The van der Waals surface area contributed by atoms with Gasteiger partial charge in [-0.1, -0.05) is 60.7 Å². The molecule has 0 aliphatic carbocycles. The summed E-state index contributed by atoms with van der Waals surface area (Å²) in [6.07, 6.45) is 0.259. The third-order valence-electron chi connectivity index (χ3n) is 7.25. The van der Waals surface area contributed by atoms with E-state index >= 15 is 0 Å². The van der Waals surface area contributed by atoms with Gasteiger partial charge in [0.1, 0.15) is 11.6 Å². The molecule has 2 amide bonds. The van der Waals surface area contributed by atoms with Crippen molar-refractivity contribution in [3.05, 3.63) is 120 Å². The van der Waals surface area contributed by atoms with Gasteiger partial charge in [-0.15, -0.1) is 0 Å². The van der Waals surface area contributed by atoms with Crippen LogP contribution in [0.5, 0.6) is 0 Å². The number of aliphatic hydroxyl groups excluding tert-OH is 1. The zero-order valence-electron chi connectivity index (χ0n) is 21.3. The molecule has 200 valence electrons. The van der Waals surface area contributed by atoms with Gasteiger partial charge >= 0.3 is 6.03 Å². The molecular formula is C31H30F2N4O2. The third-order valence-corrected chi connectivity index (χ3v) is 7.25. The third kappa shape index (κ3) is 5.42. The number of nitrogens with zero attached hydrogens (tertiary/aromatic N) is 2. The number of halogens is 2. The summed E-state index contributed by atoms with van der Waals surface area (Å²) in [7, 11) is 0. The second-order valence-corrected chi connectivity index (χ2v) is 9.77. The van der Waals surface area contributed by atoms with Crippen molar-refractivity contribution in [2.75, 3.05) is 21.3 Å². The van der Waals surface area contributed by atoms with E-state index in [2.05, 4.69) is 0 Å². The summed E-state index contributed by atoms with van der Waals surface area (Å²) in [6, 6.07) is 25.6. The van der Waals surface area contributed by atoms with Gasteiger partial charge in [-0.25, -0.2) is 13.6 Å². The highest BCUT2D eigenvalue weighted by Crippen LogP contribution is 2.36. The van der Waals surface area contributed by atoms with Crippen molar-refractivity contribution >= 4 is 28.8 Å². The molecule has 0 saturated carbocycles. The fourth-order valence-electron chi connectivity index (χ4n) is 5.22. The quantitative estimate of drug-likeness (QED) is 0.274. The van der Waals surface area contributed by atoms with Gasteiger partial charge in [0, 0.05) is 11.4 Å². The first-order valence-electron chi connectivity index (χ1n) is 12.8. The fraction of sp³-hybridized carbons (Fsp3) is 0.194. The second-order valence-electron chi connectivity index (χ2n) is 9.77. The van der Waals surface area contributed by atoms with Gasteiger partial charge in [-0.3, -0.25) is 9.80 Å². The molecule has 0 unspecified atom stereocenters. The number of hydrogen-bond donors (Lipinski definition) is 3. The van der Waals surface area contributed by atoms with Crippen LogP contribution in [0.3, 0.4) is 0 Å². The van der Waals surface area contributed by atoms with E-state index in [4.69, 9.17) is 11.5 Å². The number of nitrogens with two attached hydrogens (primary N) is 2. The van der Waals surface area contributed by atoms with E-state index in [0.717, 1.165) is 11.1 Å². The summed E-state index contributed by atoms with van der Waals surface area (Å²) in [4.78, 5) is 17.1. The lowest BCUT2D eigenvalue weighted by Crippen LogP contribution is -2.67. The molecule has 1 aliphatic rings. The largest absolute Gasteiger partial charge is 0.396 e. The minimum absolute atomic E-state index is 0.0518. The number of aliphatic hydroxyl groups is 1. The van der Waals surface area contributed by atoms with Gasteiger partial charge < -0.3 is 16.6 Å². The van der Waals surface area contributed by atoms with Crippen LogP contribution in [-0.2, 0) is 12.8 Å². The van der Waals surface area contributed by atoms with Crippen LogP contribution >= 0.6 is 0 Å². The number of benzene rings is 4. The molecule has 0 spiro atoms. The van der Waals surface area contributed by atoms with Crippen molar-refractivity contribution in [1.29, 1.82) is 0 Å². The smallest absolute Gasteiger partial charge is 0.329 e. The number of urea groups is 1. The maximum atomic E-state index is 14.6. The van der Waals surface area contributed by atoms with Crippen molar-refractivity contribution in [3.8, 4) is 0 Å². The predicted molar refractivity (Wildman–Crippen MR) is 150 cm³/mol. The van der Waals surface area contributed by atoms with Gasteiger partial charge in [0.15, 0.2) is 0 Å². The van der Waals surface area contributed by atoms with Crippen LogP contribution in [-0.4, -0.2) is 29.3 Å². The highest BCUT2D eigenvalue weighted by atomic mass is 19.1. The molecule has 1 saturated heterocycles. The Morgan fingerprint density at radius 1 is 0.692 bits per heavy atom. The molecule has 5 rings (SSSR count). The van der Waals surface area contributed by atoms with Crippen molar-refractivity contribution in [1.82, 2.24) is 0 Å². The van der Waals surface area contributed by atoms with Gasteiger partial charge in [0.05, 0.1) is 29.6 Å². The Morgan fingerprint density at radius 2 is 1.18 bits per heavy atom. The Morgan fingerprint density at radius 3 is 1.69 bits per heavy atom. The lowest BCUT2D eigenvalue weighted by atomic mass is 9.87. The number of rotatable bonds is 7. The van der Waals surface area contributed by atoms with Crippen molar-refractivity contribution in [2.24, 2.45) is 0 Å². The number of anilines is 4. The molecule has 4 aromatic carbocycles. The van der Waals surface area contributed by atoms with Crippen LogP contribution in [0.25, 0.3) is 0 Å². The lowest BCUT2D eigenvalue weighted by Gasteiger charge is -2.49. The Kier molecular flexibility index (Phi) is 7.47. The van der Waals surface area contributed by atoms with Gasteiger partial charge in [0.25, 0.3) is 0 Å². The highest BCUT2D eigenvalue weighted by Gasteiger charge is 2.47. The molecule has 1 heterocycles. The number of nitrogen functional groups attached to an aromatic ring is 2.